The molecule has 2 aromatic carbocycles. The standard InChI is InChI=1S/C36H38ClF2N8O3PS/c1-18(20-6-4-10-43-32(20)41)47-12-13-49-30-26-29(28(39)25(27(30)37)21-7-8-23(38)31-24(21)22(15-40)33(42)52-31)44-35(45-34(26)47)50-17-36-9-5-11-46(36)16-19(14-36)51(2,3)48/h4,6-8,10,18-19,22,33H,5,9,11-14,16-17,42H2,1-3H3,(H2,41,43)/t18-,19+,22+,33?,36+/m1/s1. The summed E-state index contributed by atoms with van der Waals surface area (Å²) in [5, 5.41) is 9.48. The summed E-state index contributed by atoms with van der Waals surface area (Å²) in [6.45, 7) is 7.94. The van der Waals surface area contributed by atoms with Gasteiger partial charge in [-0.3, -0.25) is 4.90 Å². The molecule has 4 aromatic rings. The van der Waals surface area contributed by atoms with E-state index in [1.807, 2.05) is 31.2 Å². The molecule has 4 aliphatic rings. The van der Waals surface area contributed by atoms with Gasteiger partial charge in [0.1, 0.15) is 36.2 Å². The number of hydrogen-bond donors (Lipinski definition) is 2. The molecule has 16 heteroatoms. The summed E-state index contributed by atoms with van der Waals surface area (Å²) in [4.78, 5) is 18.4. The van der Waals surface area contributed by atoms with Gasteiger partial charge in [0, 0.05) is 34.4 Å². The summed E-state index contributed by atoms with van der Waals surface area (Å²) in [5.74, 6) is -1.43. The molecule has 272 valence electrons. The van der Waals surface area contributed by atoms with E-state index < -0.39 is 30.1 Å². The first kappa shape index (κ1) is 35.3. The molecular formula is C36H38ClF2N8O3PS. The first-order valence-electron chi connectivity index (χ1n) is 17.2. The lowest BCUT2D eigenvalue weighted by atomic mass is 9.90. The van der Waals surface area contributed by atoms with Gasteiger partial charge in [0.2, 0.25) is 0 Å². The van der Waals surface area contributed by atoms with Crippen molar-refractivity contribution in [2.75, 3.05) is 56.8 Å². The average molecular weight is 767 g/mol. The lowest BCUT2D eigenvalue weighted by molar-refractivity contribution is 0.108. The van der Waals surface area contributed by atoms with E-state index in [-0.39, 0.29) is 79.7 Å². The summed E-state index contributed by atoms with van der Waals surface area (Å²) >= 11 is 8.13. The largest absolute Gasteiger partial charge is 0.489 e. The molecule has 8 rings (SSSR count). The van der Waals surface area contributed by atoms with Crippen molar-refractivity contribution in [2.45, 2.75) is 59.6 Å². The summed E-state index contributed by atoms with van der Waals surface area (Å²) in [6, 6.07) is 8.05. The number of fused-ring (bicyclic) bond motifs is 2. The molecule has 0 radical (unpaired) electrons. The van der Waals surface area contributed by atoms with E-state index in [1.54, 1.807) is 12.3 Å². The molecule has 0 spiro atoms. The second-order valence-corrected chi connectivity index (χ2v) is 19.6. The number of nitriles is 1. The molecule has 4 aliphatic heterocycles. The predicted octanol–water partition coefficient (Wildman–Crippen LogP) is 6.77. The van der Waals surface area contributed by atoms with Crippen LogP contribution in [0, 0.1) is 23.0 Å². The number of ether oxygens (including phenoxy) is 2. The summed E-state index contributed by atoms with van der Waals surface area (Å²) < 4.78 is 58.4. The Kier molecular flexibility index (Phi) is 8.82. The number of halogens is 3. The third-order valence-corrected chi connectivity index (χ3v) is 14.8. The van der Waals surface area contributed by atoms with Crippen molar-refractivity contribution in [3.05, 3.63) is 58.2 Å². The molecule has 6 heterocycles. The number of anilines is 2. The average Bonchev–Trinajstić information content (AvgIpc) is 3.74. The maximum Gasteiger partial charge on any atom is 0.319 e. The molecule has 0 aliphatic carbocycles. The van der Waals surface area contributed by atoms with Gasteiger partial charge < -0.3 is 30.4 Å². The molecule has 2 fully saturated rings. The number of nitrogens with two attached hydrogens (primary N) is 2. The Morgan fingerprint density at radius 3 is 2.83 bits per heavy atom. The van der Waals surface area contributed by atoms with E-state index in [1.165, 1.54) is 12.1 Å². The van der Waals surface area contributed by atoms with Crippen molar-refractivity contribution in [1.82, 2.24) is 19.9 Å². The smallest absolute Gasteiger partial charge is 0.319 e. The highest BCUT2D eigenvalue weighted by Gasteiger charge is 2.52. The molecule has 5 atom stereocenters. The van der Waals surface area contributed by atoms with Gasteiger partial charge in [-0.25, -0.2) is 13.8 Å². The van der Waals surface area contributed by atoms with Crippen molar-refractivity contribution < 1.29 is 22.8 Å². The third kappa shape index (κ3) is 5.59. The van der Waals surface area contributed by atoms with Gasteiger partial charge >= 0.3 is 6.01 Å². The van der Waals surface area contributed by atoms with E-state index in [4.69, 9.17) is 37.5 Å². The monoisotopic (exact) mass is 766 g/mol. The minimum absolute atomic E-state index is 0.0449. The molecule has 52 heavy (non-hydrogen) atoms. The topological polar surface area (TPSA) is 157 Å². The number of pyridine rings is 1. The van der Waals surface area contributed by atoms with Crippen LogP contribution in [0.2, 0.25) is 5.02 Å². The quantitative estimate of drug-likeness (QED) is 0.191. The van der Waals surface area contributed by atoms with E-state index in [0.29, 0.717) is 18.2 Å². The number of thioether (sulfide) groups is 1. The SMILES string of the molecule is C[C@H](c1cccnc1N)N1CCOc2c(Cl)c(-c3ccc(F)c4c3[C@H](C#N)C(N)S4)c(F)c3nc(OC[C@@]45CCCN4C[C@@H](P(C)(C)=O)C5)nc1c23. The van der Waals surface area contributed by atoms with Crippen LogP contribution in [0.4, 0.5) is 20.4 Å². The Hall–Kier alpha value is -3.73. The molecule has 0 amide bonds. The number of benzene rings is 2. The van der Waals surface area contributed by atoms with E-state index in [2.05, 4.69) is 20.9 Å². The minimum Gasteiger partial charge on any atom is -0.489 e. The highest BCUT2D eigenvalue weighted by atomic mass is 35.5. The van der Waals surface area contributed by atoms with Crippen LogP contribution in [0.3, 0.4) is 0 Å². The molecule has 2 saturated heterocycles. The maximum absolute atomic E-state index is 17.4. The molecule has 0 bridgehead atoms. The Labute approximate surface area is 309 Å². The zero-order valence-electron chi connectivity index (χ0n) is 28.9. The highest BCUT2D eigenvalue weighted by molar-refractivity contribution is 8.00. The number of nitrogen functional groups attached to an aromatic ring is 1. The van der Waals surface area contributed by atoms with Gasteiger partial charge in [0.25, 0.3) is 0 Å². The zero-order chi connectivity index (χ0) is 36.7. The van der Waals surface area contributed by atoms with Crippen molar-refractivity contribution >= 4 is 53.0 Å². The number of nitrogens with zero attached hydrogens (tertiary/aromatic N) is 6. The number of aromatic nitrogens is 3. The second-order valence-electron chi connectivity index (χ2n) is 14.5. The second kappa shape index (κ2) is 13.0. The van der Waals surface area contributed by atoms with Crippen molar-refractivity contribution in [3.63, 3.8) is 0 Å². The van der Waals surface area contributed by atoms with Gasteiger partial charge in [-0.05, 0) is 69.3 Å². The summed E-state index contributed by atoms with van der Waals surface area (Å²) in [7, 11) is -2.35. The van der Waals surface area contributed by atoms with Crippen LogP contribution in [0.15, 0.2) is 35.4 Å². The van der Waals surface area contributed by atoms with Crippen molar-refractivity contribution in [1.29, 1.82) is 5.26 Å². The first-order chi connectivity index (χ1) is 24.8. The molecule has 1 unspecified atom stereocenters. The minimum atomic E-state index is -2.35. The zero-order valence-corrected chi connectivity index (χ0v) is 31.4. The lowest BCUT2D eigenvalue weighted by Gasteiger charge is -2.32. The lowest BCUT2D eigenvalue weighted by Crippen LogP contribution is -2.43. The summed E-state index contributed by atoms with van der Waals surface area (Å²) in [6.07, 6.45) is 4.19. The fourth-order valence-electron chi connectivity index (χ4n) is 8.39. The normalized spacial score (nSPS) is 24.7. The van der Waals surface area contributed by atoms with Crippen LogP contribution in [0.5, 0.6) is 11.8 Å². The van der Waals surface area contributed by atoms with Gasteiger partial charge in [-0.15, -0.1) is 11.8 Å². The third-order valence-electron chi connectivity index (χ3n) is 11.2. The van der Waals surface area contributed by atoms with Gasteiger partial charge in [0.05, 0.1) is 53.0 Å². The van der Waals surface area contributed by atoms with E-state index in [9.17, 15) is 9.83 Å². The maximum atomic E-state index is 17.4. The Bertz CT molecular complexity index is 2220. The Morgan fingerprint density at radius 1 is 1.27 bits per heavy atom. The molecule has 11 nitrogen and oxygen atoms in total. The van der Waals surface area contributed by atoms with Crippen LogP contribution in [-0.2, 0) is 4.57 Å². The Morgan fingerprint density at radius 2 is 2.08 bits per heavy atom. The van der Waals surface area contributed by atoms with Gasteiger partial charge in [0.15, 0.2) is 11.6 Å². The van der Waals surface area contributed by atoms with Crippen molar-refractivity contribution in [3.8, 4) is 29.0 Å². The van der Waals surface area contributed by atoms with Gasteiger partial charge in [-0.1, -0.05) is 23.7 Å². The first-order valence-corrected chi connectivity index (χ1v) is 21.2. The van der Waals surface area contributed by atoms with Crippen molar-refractivity contribution in [2.24, 2.45) is 5.73 Å². The van der Waals surface area contributed by atoms with E-state index >= 15 is 8.78 Å². The van der Waals surface area contributed by atoms with Crippen LogP contribution in [0.1, 0.15) is 49.3 Å². The van der Waals surface area contributed by atoms with Crippen LogP contribution in [-0.4, -0.2) is 82.6 Å². The van der Waals surface area contributed by atoms with Crippen LogP contribution in [0.25, 0.3) is 22.0 Å². The van der Waals surface area contributed by atoms with Crippen LogP contribution < -0.4 is 25.8 Å². The van der Waals surface area contributed by atoms with Crippen LogP contribution >= 0.6 is 30.5 Å². The molecular weight excluding hydrogens is 729 g/mol. The fraction of sp³-hybridized carbons (Fsp3) is 0.444. The van der Waals surface area contributed by atoms with E-state index in [0.717, 1.165) is 49.7 Å². The predicted molar refractivity (Wildman–Crippen MR) is 199 cm³/mol. The van der Waals surface area contributed by atoms with Gasteiger partial charge in [-0.2, -0.15) is 15.2 Å². The molecule has 4 N–H and O–H groups in total. The summed E-state index contributed by atoms with van der Waals surface area (Å²) in [5.41, 5.74) is 13.3. The number of rotatable bonds is 7. The highest BCUT2D eigenvalue weighted by Crippen LogP contribution is 2.55. The number of hydrogen-bond acceptors (Lipinski definition) is 12. The Balaban J connectivity index is 1.31. The molecule has 2 aromatic heterocycles. The molecule has 0 saturated carbocycles. The fourth-order valence-corrected chi connectivity index (χ4v) is 11.2.